The van der Waals surface area contributed by atoms with Gasteiger partial charge >= 0.3 is 5.97 Å². The number of hydrogen-bond acceptors (Lipinski definition) is 3. The first kappa shape index (κ1) is 14.0. The summed E-state index contributed by atoms with van der Waals surface area (Å²) >= 11 is 13.9. The van der Waals surface area contributed by atoms with Crippen LogP contribution in [0.3, 0.4) is 0 Å². The fraction of sp³-hybridized carbons (Fsp3) is 0.417. The molecule has 1 aliphatic rings. The van der Waals surface area contributed by atoms with E-state index >= 15 is 0 Å². The number of carboxylic acids is 1. The van der Waals surface area contributed by atoms with Gasteiger partial charge in [-0.1, -0.05) is 29.3 Å². The van der Waals surface area contributed by atoms with Crippen molar-refractivity contribution in [3.05, 3.63) is 33.8 Å². The Balaban J connectivity index is 2.18. The maximum atomic E-state index is 11.2. The third-order valence-electron chi connectivity index (χ3n) is 2.95. The summed E-state index contributed by atoms with van der Waals surface area (Å²) in [5, 5.41) is 10.4. The van der Waals surface area contributed by atoms with Gasteiger partial charge in [0.05, 0.1) is 0 Å². The highest BCUT2D eigenvalue weighted by molar-refractivity contribution is 7.99. The first-order chi connectivity index (χ1) is 8.59. The van der Waals surface area contributed by atoms with Crippen LogP contribution in [0.4, 0.5) is 0 Å². The Morgan fingerprint density at radius 3 is 2.72 bits per heavy atom. The minimum absolute atomic E-state index is 0.462. The van der Waals surface area contributed by atoms with Crippen LogP contribution >= 0.6 is 35.0 Å². The van der Waals surface area contributed by atoms with Gasteiger partial charge in [-0.05, 0) is 12.1 Å². The maximum absolute atomic E-state index is 11.2. The van der Waals surface area contributed by atoms with Crippen molar-refractivity contribution in [3.8, 4) is 0 Å². The van der Waals surface area contributed by atoms with E-state index in [9.17, 15) is 9.90 Å². The molecule has 1 aliphatic heterocycles. The molecule has 1 aromatic carbocycles. The summed E-state index contributed by atoms with van der Waals surface area (Å²) in [5.74, 6) is 0.758. The summed E-state index contributed by atoms with van der Waals surface area (Å²) in [4.78, 5) is 13.1. The van der Waals surface area contributed by atoms with Crippen molar-refractivity contribution in [1.29, 1.82) is 0 Å². The molecular formula is C12H13Cl2NO2S. The zero-order chi connectivity index (χ0) is 13.1. The minimum Gasteiger partial charge on any atom is -0.480 e. The number of halogens is 2. The van der Waals surface area contributed by atoms with E-state index in [2.05, 4.69) is 0 Å². The molecule has 0 aromatic heterocycles. The number of benzene rings is 1. The van der Waals surface area contributed by atoms with Crippen LogP contribution in [0.1, 0.15) is 5.56 Å². The highest BCUT2D eigenvalue weighted by atomic mass is 35.5. The number of rotatable bonds is 3. The average molecular weight is 306 g/mol. The molecule has 1 fully saturated rings. The van der Waals surface area contributed by atoms with Crippen molar-refractivity contribution in [2.45, 2.75) is 12.6 Å². The summed E-state index contributed by atoms with van der Waals surface area (Å²) in [6.07, 6.45) is 0. The smallest absolute Gasteiger partial charge is 0.321 e. The lowest BCUT2D eigenvalue weighted by Crippen LogP contribution is -2.46. The zero-order valence-electron chi connectivity index (χ0n) is 9.60. The summed E-state index contributed by atoms with van der Waals surface area (Å²) in [6, 6.07) is 4.87. The summed E-state index contributed by atoms with van der Waals surface area (Å²) in [7, 11) is 0. The lowest BCUT2D eigenvalue weighted by atomic mass is 10.1. The molecule has 0 bridgehead atoms. The molecule has 2 rings (SSSR count). The Morgan fingerprint density at radius 2 is 2.11 bits per heavy atom. The topological polar surface area (TPSA) is 40.5 Å². The Kier molecular flexibility index (Phi) is 4.78. The van der Waals surface area contributed by atoms with Crippen molar-refractivity contribution in [1.82, 2.24) is 4.90 Å². The Hall–Kier alpha value is -0.420. The maximum Gasteiger partial charge on any atom is 0.321 e. The van der Waals surface area contributed by atoms with Gasteiger partial charge in [-0.25, -0.2) is 0 Å². The summed E-state index contributed by atoms with van der Waals surface area (Å²) < 4.78 is 0. The Bertz CT molecular complexity index is 435. The number of aliphatic carboxylic acids is 1. The number of hydrogen-bond donors (Lipinski definition) is 1. The fourth-order valence-corrected chi connectivity index (χ4v) is 3.57. The van der Waals surface area contributed by atoms with Gasteiger partial charge in [0.2, 0.25) is 0 Å². The van der Waals surface area contributed by atoms with Crippen LogP contribution in [0.2, 0.25) is 10.0 Å². The van der Waals surface area contributed by atoms with Gasteiger partial charge in [-0.2, -0.15) is 11.8 Å². The minimum atomic E-state index is -0.787. The van der Waals surface area contributed by atoms with Gasteiger partial charge in [-0.3, -0.25) is 9.69 Å². The fourth-order valence-electron chi connectivity index (χ4n) is 1.94. The Morgan fingerprint density at radius 1 is 1.44 bits per heavy atom. The number of carboxylic acid groups (broad SMARTS) is 1. The van der Waals surface area contributed by atoms with E-state index in [1.54, 1.807) is 30.0 Å². The van der Waals surface area contributed by atoms with E-state index in [0.29, 0.717) is 22.3 Å². The van der Waals surface area contributed by atoms with Crippen molar-refractivity contribution in [2.75, 3.05) is 18.1 Å². The van der Waals surface area contributed by atoms with Gasteiger partial charge in [0, 0.05) is 40.2 Å². The van der Waals surface area contributed by atoms with E-state index in [1.807, 2.05) is 4.90 Å². The molecule has 0 aliphatic carbocycles. The third-order valence-corrected chi connectivity index (χ3v) is 4.68. The summed E-state index contributed by atoms with van der Waals surface area (Å²) in [5.41, 5.74) is 0.805. The zero-order valence-corrected chi connectivity index (χ0v) is 11.9. The van der Waals surface area contributed by atoms with Crippen LogP contribution in [0.25, 0.3) is 0 Å². The van der Waals surface area contributed by atoms with Crippen LogP contribution in [0.5, 0.6) is 0 Å². The van der Waals surface area contributed by atoms with Crippen molar-refractivity contribution >= 4 is 40.9 Å². The van der Waals surface area contributed by atoms with Gasteiger partial charge in [0.15, 0.2) is 0 Å². The van der Waals surface area contributed by atoms with Crippen LogP contribution in [0.15, 0.2) is 18.2 Å². The second-order valence-electron chi connectivity index (χ2n) is 4.10. The summed E-state index contributed by atoms with van der Waals surface area (Å²) in [6.45, 7) is 1.22. The van der Waals surface area contributed by atoms with E-state index in [1.165, 1.54) is 0 Å². The molecule has 1 heterocycles. The molecule has 98 valence electrons. The van der Waals surface area contributed by atoms with Crippen LogP contribution in [-0.2, 0) is 11.3 Å². The largest absolute Gasteiger partial charge is 0.480 e. The highest BCUT2D eigenvalue weighted by Gasteiger charge is 2.29. The predicted octanol–water partition coefficient (Wildman–Crippen LogP) is 3.00. The predicted molar refractivity (Wildman–Crippen MR) is 75.6 cm³/mol. The average Bonchev–Trinajstić information content (AvgIpc) is 2.34. The molecule has 1 atom stereocenters. The second-order valence-corrected chi connectivity index (χ2v) is 6.06. The SMILES string of the molecule is O=C(O)C1CSCCN1Cc1c(Cl)cccc1Cl. The molecule has 0 radical (unpaired) electrons. The molecule has 1 aromatic rings. The number of thioether (sulfide) groups is 1. The van der Waals surface area contributed by atoms with E-state index < -0.39 is 12.0 Å². The molecule has 1 saturated heterocycles. The van der Waals surface area contributed by atoms with E-state index in [0.717, 1.165) is 17.9 Å². The molecule has 6 heteroatoms. The molecule has 18 heavy (non-hydrogen) atoms. The lowest BCUT2D eigenvalue weighted by molar-refractivity contribution is -0.142. The van der Waals surface area contributed by atoms with Crippen LogP contribution in [-0.4, -0.2) is 40.1 Å². The third kappa shape index (κ3) is 3.12. The van der Waals surface area contributed by atoms with Crippen LogP contribution in [0, 0.1) is 0 Å². The first-order valence-corrected chi connectivity index (χ1v) is 7.48. The van der Waals surface area contributed by atoms with Gasteiger partial charge < -0.3 is 5.11 Å². The van der Waals surface area contributed by atoms with Gasteiger partial charge in [0.1, 0.15) is 6.04 Å². The normalized spacial score (nSPS) is 20.9. The first-order valence-electron chi connectivity index (χ1n) is 5.57. The van der Waals surface area contributed by atoms with Crippen molar-refractivity contribution in [3.63, 3.8) is 0 Å². The quantitative estimate of drug-likeness (QED) is 0.932. The Labute approximate surface area is 120 Å². The molecule has 1 N–H and O–H groups in total. The molecule has 3 nitrogen and oxygen atoms in total. The van der Waals surface area contributed by atoms with Crippen molar-refractivity contribution < 1.29 is 9.90 Å². The monoisotopic (exact) mass is 305 g/mol. The van der Waals surface area contributed by atoms with Gasteiger partial charge in [0.25, 0.3) is 0 Å². The second kappa shape index (κ2) is 6.15. The molecule has 1 unspecified atom stereocenters. The lowest BCUT2D eigenvalue weighted by Gasteiger charge is -2.32. The van der Waals surface area contributed by atoms with E-state index in [-0.39, 0.29) is 0 Å². The molecule has 0 spiro atoms. The van der Waals surface area contributed by atoms with Crippen LogP contribution < -0.4 is 0 Å². The highest BCUT2D eigenvalue weighted by Crippen LogP contribution is 2.28. The standard InChI is InChI=1S/C12H13Cl2NO2S/c13-9-2-1-3-10(14)8(9)6-15-4-5-18-7-11(15)12(16)17/h1-3,11H,4-7H2,(H,16,17). The number of nitrogens with zero attached hydrogens (tertiary/aromatic N) is 1. The molecule has 0 amide bonds. The van der Waals surface area contributed by atoms with Crippen molar-refractivity contribution in [2.24, 2.45) is 0 Å². The molecular weight excluding hydrogens is 293 g/mol. The number of carbonyl (C=O) groups is 1. The van der Waals surface area contributed by atoms with E-state index in [4.69, 9.17) is 23.2 Å². The van der Waals surface area contributed by atoms with Gasteiger partial charge in [-0.15, -0.1) is 0 Å². The molecule has 0 saturated carbocycles.